The number of hydrazone groups is 3. The number of nitriles is 1. The Balaban J connectivity index is 1.14. The van der Waals surface area contributed by atoms with Crippen molar-refractivity contribution in [2.24, 2.45) is 15.3 Å². The van der Waals surface area contributed by atoms with Crippen molar-refractivity contribution in [1.82, 2.24) is 21.3 Å². The van der Waals surface area contributed by atoms with Gasteiger partial charge in [-0.3, -0.25) is 14.4 Å². The van der Waals surface area contributed by atoms with E-state index in [1.807, 2.05) is 54.6 Å². The molecule has 0 saturated carbocycles. The van der Waals surface area contributed by atoms with Gasteiger partial charge in [0, 0.05) is 11.1 Å². The van der Waals surface area contributed by atoms with Gasteiger partial charge in [0.1, 0.15) is 23.1 Å². The van der Waals surface area contributed by atoms with E-state index in [-0.39, 0.29) is 24.7 Å². The van der Waals surface area contributed by atoms with E-state index >= 15 is 0 Å². The number of nitrogens with one attached hydrogen (secondary N) is 3. The summed E-state index contributed by atoms with van der Waals surface area (Å²) in [7, 11) is 0. The molecule has 0 unspecified atom stereocenters. The van der Waals surface area contributed by atoms with Crippen molar-refractivity contribution >= 4 is 36.4 Å². The molecule has 0 aliphatic carbocycles. The number of aromatic nitrogens is 1. The summed E-state index contributed by atoms with van der Waals surface area (Å²) in [6.07, 6.45) is 46.3. The third-order valence-electron chi connectivity index (χ3n) is 19.1. The summed E-state index contributed by atoms with van der Waals surface area (Å²) in [5.74, 6) is 3.09. The first-order valence-electron chi connectivity index (χ1n) is 42.8. The van der Waals surface area contributed by atoms with Gasteiger partial charge < -0.3 is 42.6 Å². The van der Waals surface area contributed by atoms with E-state index in [1.54, 1.807) is 67.0 Å². The van der Waals surface area contributed by atoms with E-state index in [2.05, 4.69) is 79.2 Å². The number of pyridine rings is 1. The van der Waals surface area contributed by atoms with Crippen LogP contribution >= 0.6 is 0 Å². The van der Waals surface area contributed by atoms with Crippen LogP contribution in [0.3, 0.4) is 0 Å². The van der Waals surface area contributed by atoms with Gasteiger partial charge in [-0.2, -0.15) is 20.6 Å². The van der Waals surface area contributed by atoms with Crippen LogP contribution in [0.4, 0.5) is 0 Å². The Morgan fingerprint density at radius 1 is 0.327 bits per heavy atom. The van der Waals surface area contributed by atoms with Crippen LogP contribution in [0.5, 0.6) is 51.9 Å². The van der Waals surface area contributed by atoms with Crippen molar-refractivity contribution in [2.75, 3.05) is 59.5 Å². The molecule has 0 spiro atoms. The molecule has 3 N–H and O–H groups in total. The van der Waals surface area contributed by atoms with Crippen LogP contribution in [0.2, 0.25) is 0 Å². The van der Waals surface area contributed by atoms with Crippen molar-refractivity contribution in [3.8, 4) is 80.3 Å². The topological polar surface area (TPSA) is 244 Å². The summed E-state index contributed by atoms with van der Waals surface area (Å²) in [4.78, 5) is 44.6. The highest BCUT2D eigenvalue weighted by Gasteiger charge is 2.20. The van der Waals surface area contributed by atoms with Crippen molar-refractivity contribution in [1.29, 1.82) is 5.26 Å². The standard InChI is InChI=1S/C93H132N8O12/c1-7-13-19-25-31-37-57-105-84-54-43-74(63-87(84)108-60-40-34-28-22-16-10-4)68-95-99-90(102)71-111-79-50-46-77(47-51-79)81-66-83(98-93(82(81)67-94)113-73-92(104)101-97-70-76-45-56-86(107-59-39-33-27-21-15-9-3)89(65-76)110-62-42-36-30-24-18-12-6)78-48-52-80(53-49-78)112-72-91(103)100-96-69-75-44-55-85(106-58-38-32-26-20-14-8-2)88(64-75)109-61-41-35-29-23-17-11-5/h43-56,63-66,68-70H,7-42,57-62,71-73H2,1-6H3,(H,99,102)(H,100,103)(H,101,104)/b95-68+,96-69+,97-70+. The molecule has 1 aromatic heterocycles. The lowest BCUT2D eigenvalue weighted by Gasteiger charge is -2.14. The highest BCUT2D eigenvalue weighted by molar-refractivity contribution is 5.86. The summed E-state index contributed by atoms with van der Waals surface area (Å²) in [5, 5.41) is 23.6. The average molecular weight is 1550 g/mol. The first-order valence-corrected chi connectivity index (χ1v) is 42.8. The number of rotatable bonds is 65. The summed E-state index contributed by atoms with van der Waals surface area (Å²) < 4.78 is 55.5. The second-order valence-electron chi connectivity index (χ2n) is 29.0. The Morgan fingerprint density at radius 3 is 0.903 bits per heavy atom. The maximum Gasteiger partial charge on any atom is 0.278 e. The van der Waals surface area contributed by atoms with Crippen molar-refractivity contribution < 1.29 is 57.0 Å². The number of hydrogen-bond donors (Lipinski definition) is 3. The normalized spacial score (nSPS) is 11.3. The van der Waals surface area contributed by atoms with Gasteiger partial charge in [0.25, 0.3) is 17.7 Å². The summed E-state index contributed by atoms with van der Waals surface area (Å²) >= 11 is 0. The lowest BCUT2D eigenvalue weighted by Crippen LogP contribution is -2.25. The molecule has 0 fully saturated rings. The molecule has 0 aliphatic rings. The van der Waals surface area contributed by atoms with Crippen molar-refractivity contribution in [2.45, 2.75) is 273 Å². The van der Waals surface area contributed by atoms with Gasteiger partial charge in [0.15, 0.2) is 54.3 Å². The molecular weight excluding hydrogens is 1420 g/mol. The van der Waals surface area contributed by atoms with Crippen LogP contribution in [0.1, 0.15) is 295 Å². The first kappa shape index (κ1) is 92.2. The van der Waals surface area contributed by atoms with Gasteiger partial charge in [0.2, 0.25) is 5.88 Å². The quantitative estimate of drug-likeness (QED) is 0.0183. The van der Waals surface area contributed by atoms with Gasteiger partial charge in [-0.25, -0.2) is 21.3 Å². The minimum atomic E-state index is -0.600. The van der Waals surface area contributed by atoms with Crippen molar-refractivity contribution in [3.05, 3.63) is 131 Å². The largest absolute Gasteiger partial charge is 0.490 e. The smallest absolute Gasteiger partial charge is 0.278 e. The van der Waals surface area contributed by atoms with Crippen molar-refractivity contribution in [3.63, 3.8) is 0 Å². The number of carbonyl (C=O) groups excluding carboxylic acids is 3. The third kappa shape index (κ3) is 39.1. The number of benzene rings is 5. The first-order chi connectivity index (χ1) is 55.6. The molecule has 6 rings (SSSR count). The maximum atomic E-state index is 13.6. The Hall–Kier alpha value is -9.64. The molecule has 0 aliphatic heterocycles. The molecule has 0 radical (unpaired) electrons. The molecular formula is C93H132N8O12. The molecule has 0 saturated heterocycles. The zero-order valence-electron chi connectivity index (χ0n) is 69.1. The predicted octanol–water partition coefficient (Wildman–Crippen LogP) is 22.3. The zero-order valence-corrected chi connectivity index (χ0v) is 69.1. The fourth-order valence-electron chi connectivity index (χ4n) is 12.5. The zero-order chi connectivity index (χ0) is 80.2. The Morgan fingerprint density at radius 2 is 0.602 bits per heavy atom. The third-order valence-corrected chi connectivity index (χ3v) is 19.1. The number of nitrogens with zero attached hydrogens (tertiary/aromatic N) is 5. The summed E-state index contributed by atoms with van der Waals surface area (Å²) in [6.45, 7) is 15.6. The fourth-order valence-corrected chi connectivity index (χ4v) is 12.5. The number of hydrogen-bond acceptors (Lipinski definition) is 17. The Labute approximate surface area is 675 Å². The highest BCUT2D eigenvalue weighted by Crippen LogP contribution is 2.36. The maximum absolute atomic E-state index is 13.6. The van der Waals surface area contributed by atoms with E-state index < -0.39 is 24.3 Å². The lowest BCUT2D eigenvalue weighted by atomic mass is 9.98. The van der Waals surface area contributed by atoms with Gasteiger partial charge in [0.05, 0.1) is 64.0 Å². The molecule has 0 atom stereocenters. The van der Waals surface area contributed by atoms with Crippen LogP contribution in [-0.2, 0) is 14.4 Å². The Bertz CT molecular complexity index is 3750. The minimum absolute atomic E-state index is 0.0609. The minimum Gasteiger partial charge on any atom is -0.490 e. The van der Waals surface area contributed by atoms with Gasteiger partial charge in [-0.05, 0) is 158 Å². The van der Waals surface area contributed by atoms with Gasteiger partial charge in [-0.15, -0.1) is 0 Å². The summed E-state index contributed by atoms with van der Waals surface area (Å²) in [5.41, 5.74) is 11.9. The second-order valence-corrected chi connectivity index (χ2v) is 29.0. The predicted molar refractivity (Wildman–Crippen MR) is 456 cm³/mol. The molecule has 3 amide bonds. The van der Waals surface area contributed by atoms with E-state index in [0.717, 1.165) is 88.2 Å². The number of unbranched alkanes of at least 4 members (excludes halogenated alkanes) is 30. The molecule has 113 heavy (non-hydrogen) atoms. The van der Waals surface area contributed by atoms with Gasteiger partial charge in [-0.1, -0.05) is 246 Å². The number of carbonyl (C=O) groups is 3. The van der Waals surface area contributed by atoms with E-state index in [9.17, 15) is 19.6 Å². The summed E-state index contributed by atoms with van der Waals surface area (Å²) in [6, 6.07) is 34.7. The van der Waals surface area contributed by atoms with Crippen LogP contribution in [-0.4, -0.2) is 101 Å². The molecule has 5 aromatic carbocycles. The van der Waals surface area contributed by atoms with Crippen LogP contribution in [0.15, 0.2) is 124 Å². The monoisotopic (exact) mass is 1550 g/mol. The highest BCUT2D eigenvalue weighted by atomic mass is 16.5. The molecule has 20 heteroatoms. The van der Waals surface area contributed by atoms with Gasteiger partial charge >= 0.3 is 0 Å². The molecule has 1 heterocycles. The van der Waals surface area contributed by atoms with E-state index in [1.165, 1.54) is 160 Å². The van der Waals surface area contributed by atoms with E-state index in [0.29, 0.717) is 114 Å². The van der Waals surface area contributed by atoms with Crippen LogP contribution in [0.25, 0.3) is 22.4 Å². The second kappa shape index (κ2) is 59.1. The number of amides is 3. The van der Waals surface area contributed by atoms with E-state index in [4.69, 9.17) is 47.6 Å². The Kier molecular flexibility index (Phi) is 48.3. The average Bonchev–Trinajstić information content (AvgIpc) is 0.784. The number of ether oxygens (including phenoxy) is 9. The SMILES string of the molecule is CCCCCCCCOc1ccc(/C=N/NC(=O)COc2ccc(-c3cc(-c4ccc(OCC(=O)N/N=C/c5ccc(OCCCCCCCC)c(OCCCCCCCC)c5)cc4)c(C#N)c(OCC(=O)N/N=C/c4ccc(OCCCCCCCC)c(OCCCCCCCC)c4)n3)cc2)cc1OCCCCCCCC. The van der Waals surface area contributed by atoms with Crippen LogP contribution < -0.4 is 58.9 Å². The van der Waals surface area contributed by atoms with Crippen LogP contribution in [0, 0.1) is 11.3 Å². The molecule has 616 valence electrons. The molecule has 0 bridgehead atoms. The lowest BCUT2D eigenvalue weighted by molar-refractivity contribution is -0.123. The molecule has 6 aromatic rings. The molecule has 20 nitrogen and oxygen atoms in total. The fraction of sp³-hybridized carbons (Fsp3) is 0.548.